The monoisotopic (exact) mass is 204 g/mol. The van der Waals surface area contributed by atoms with Crippen LogP contribution in [0.5, 0.6) is 0 Å². The van der Waals surface area contributed by atoms with E-state index in [1.54, 1.807) is 0 Å². The Kier molecular flexibility index (Phi) is 10.0. The lowest BCUT2D eigenvalue weighted by atomic mass is 10.4. The van der Waals surface area contributed by atoms with Crippen molar-refractivity contribution >= 4 is 5.97 Å². The zero-order valence-corrected chi connectivity index (χ0v) is 9.08. The maximum absolute atomic E-state index is 10.9. The Hall–Kier alpha value is -0.610. The molecule has 0 saturated carbocycles. The highest BCUT2D eigenvalue weighted by atomic mass is 16.7. The average Bonchev–Trinajstić information content (AvgIpc) is 2.20. The van der Waals surface area contributed by atoms with Gasteiger partial charge in [0.15, 0.2) is 0 Å². The van der Waals surface area contributed by atoms with E-state index in [2.05, 4.69) is 0 Å². The van der Waals surface area contributed by atoms with Crippen molar-refractivity contribution < 1.29 is 19.0 Å². The molecule has 0 atom stereocenters. The highest BCUT2D eigenvalue weighted by Crippen LogP contribution is 1.90. The van der Waals surface area contributed by atoms with E-state index in [-0.39, 0.29) is 12.8 Å². The fourth-order valence-corrected chi connectivity index (χ4v) is 0.765. The summed E-state index contributed by atoms with van der Waals surface area (Å²) in [6, 6.07) is 0. The summed E-state index contributed by atoms with van der Waals surface area (Å²) in [6.45, 7) is 5.80. The lowest BCUT2D eigenvalue weighted by molar-refractivity contribution is -0.146. The van der Waals surface area contributed by atoms with Gasteiger partial charge in [-0.15, -0.1) is 0 Å². The maximum Gasteiger partial charge on any atom is 0.308 e. The van der Waals surface area contributed by atoms with Crippen molar-refractivity contribution in [2.45, 2.75) is 33.1 Å². The van der Waals surface area contributed by atoms with Crippen molar-refractivity contribution in [1.29, 1.82) is 0 Å². The molecule has 4 heteroatoms. The molecular formula is C10H20O4. The van der Waals surface area contributed by atoms with Crippen LogP contribution in [0.4, 0.5) is 0 Å². The molecule has 0 amide bonds. The predicted molar refractivity (Wildman–Crippen MR) is 52.9 cm³/mol. The largest absolute Gasteiger partial charge is 0.466 e. The van der Waals surface area contributed by atoms with E-state index >= 15 is 0 Å². The Morgan fingerprint density at radius 3 is 2.29 bits per heavy atom. The molecule has 14 heavy (non-hydrogen) atoms. The molecule has 0 N–H and O–H groups in total. The normalized spacial score (nSPS) is 10.1. The number of carbonyl (C=O) groups excluding carboxylic acids is 1. The fraction of sp³-hybridized carbons (Fsp3) is 0.900. The molecule has 0 bridgehead atoms. The molecule has 0 rings (SSSR count). The van der Waals surface area contributed by atoms with Gasteiger partial charge in [-0.25, -0.2) is 0 Å². The Morgan fingerprint density at radius 1 is 1.00 bits per heavy atom. The van der Waals surface area contributed by atoms with Crippen LogP contribution in [-0.2, 0) is 19.0 Å². The summed E-state index contributed by atoms with van der Waals surface area (Å²) in [5.41, 5.74) is 0. The molecule has 84 valence electrons. The third kappa shape index (κ3) is 9.48. The molecule has 0 aliphatic carbocycles. The smallest absolute Gasteiger partial charge is 0.308 e. The molecule has 0 aromatic carbocycles. The van der Waals surface area contributed by atoms with Crippen LogP contribution >= 0.6 is 0 Å². The molecular weight excluding hydrogens is 184 g/mol. The first-order chi connectivity index (χ1) is 6.81. The standard InChI is InChI=1S/C10H20O4/c1-3-6-12-9-13-8-5-10(11)14-7-4-2/h3-9H2,1-2H3. The van der Waals surface area contributed by atoms with Crippen molar-refractivity contribution in [3.8, 4) is 0 Å². The van der Waals surface area contributed by atoms with Crippen LogP contribution < -0.4 is 0 Å². The number of rotatable bonds is 9. The van der Waals surface area contributed by atoms with Gasteiger partial charge in [0.1, 0.15) is 6.79 Å². The first kappa shape index (κ1) is 13.4. The summed E-state index contributed by atoms with van der Waals surface area (Å²) in [4.78, 5) is 10.9. The molecule has 0 aromatic rings. The van der Waals surface area contributed by atoms with Crippen molar-refractivity contribution in [3.05, 3.63) is 0 Å². The van der Waals surface area contributed by atoms with Gasteiger partial charge in [0.25, 0.3) is 0 Å². The minimum Gasteiger partial charge on any atom is -0.466 e. The number of esters is 1. The highest BCUT2D eigenvalue weighted by molar-refractivity contribution is 5.69. The van der Waals surface area contributed by atoms with E-state index in [1.807, 2.05) is 13.8 Å². The number of ether oxygens (including phenoxy) is 3. The van der Waals surface area contributed by atoms with Crippen molar-refractivity contribution in [1.82, 2.24) is 0 Å². The molecule has 0 aliphatic rings. The van der Waals surface area contributed by atoms with Crippen LogP contribution in [-0.4, -0.2) is 32.6 Å². The molecule has 0 radical (unpaired) electrons. The van der Waals surface area contributed by atoms with Gasteiger partial charge in [-0.3, -0.25) is 4.79 Å². The third-order valence-corrected chi connectivity index (χ3v) is 1.43. The second-order valence-electron chi connectivity index (χ2n) is 2.90. The number of hydrogen-bond acceptors (Lipinski definition) is 4. The first-order valence-electron chi connectivity index (χ1n) is 5.12. The van der Waals surface area contributed by atoms with Crippen LogP contribution in [0.2, 0.25) is 0 Å². The SMILES string of the molecule is CCCOCOCCC(=O)OCCC. The van der Waals surface area contributed by atoms with Crippen molar-refractivity contribution in [2.24, 2.45) is 0 Å². The highest BCUT2D eigenvalue weighted by Gasteiger charge is 2.00. The lowest BCUT2D eigenvalue weighted by Crippen LogP contribution is -2.10. The molecule has 0 heterocycles. The fourth-order valence-electron chi connectivity index (χ4n) is 0.765. The molecule has 0 aromatic heterocycles. The maximum atomic E-state index is 10.9. The van der Waals surface area contributed by atoms with Gasteiger partial charge in [-0.2, -0.15) is 0 Å². The minimum absolute atomic E-state index is 0.206. The van der Waals surface area contributed by atoms with Crippen LogP contribution in [0.15, 0.2) is 0 Å². The van der Waals surface area contributed by atoms with Crippen molar-refractivity contribution in [2.75, 3.05) is 26.6 Å². The van der Waals surface area contributed by atoms with Gasteiger partial charge in [0, 0.05) is 6.61 Å². The summed E-state index contributed by atoms with van der Waals surface area (Å²) in [7, 11) is 0. The van der Waals surface area contributed by atoms with E-state index < -0.39 is 0 Å². The van der Waals surface area contributed by atoms with Crippen LogP contribution in [0.3, 0.4) is 0 Å². The van der Waals surface area contributed by atoms with Gasteiger partial charge in [0.2, 0.25) is 0 Å². The predicted octanol–water partition coefficient (Wildman–Crippen LogP) is 1.73. The van der Waals surface area contributed by atoms with Crippen LogP contribution in [0.25, 0.3) is 0 Å². The van der Waals surface area contributed by atoms with Crippen molar-refractivity contribution in [3.63, 3.8) is 0 Å². The Balaban J connectivity index is 3.07. The Bertz CT molecular complexity index is 136. The second-order valence-corrected chi connectivity index (χ2v) is 2.90. The zero-order valence-electron chi connectivity index (χ0n) is 9.08. The van der Waals surface area contributed by atoms with Crippen LogP contribution in [0, 0.1) is 0 Å². The molecule has 0 saturated heterocycles. The summed E-state index contributed by atoms with van der Waals surface area (Å²) >= 11 is 0. The van der Waals surface area contributed by atoms with E-state index in [1.165, 1.54) is 0 Å². The third-order valence-electron chi connectivity index (χ3n) is 1.43. The number of carbonyl (C=O) groups is 1. The number of hydrogen-bond donors (Lipinski definition) is 0. The van der Waals surface area contributed by atoms with Gasteiger partial charge in [0.05, 0.1) is 19.6 Å². The van der Waals surface area contributed by atoms with E-state index in [0.717, 1.165) is 12.8 Å². The molecule has 4 nitrogen and oxygen atoms in total. The van der Waals surface area contributed by atoms with Gasteiger partial charge < -0.3 is 14.2 Å². The van der Waals surface area contributed by atoms with Gasteiger partial charge in [-0.1, -0.05) is 13.8 Å². The summed E-state index contributed by atoms with van der Waals surface area (Å²) < 4.78 is 15.0. The summed E-state index contributed by atoms with van der Waals surface area (Å²) in [5, 5.41) is 0. The van der Waals surface area contributed by atoms with Crippen LogP contribution in [0.1, 0.15) is 33.1 Å². The van der Waals surface area contributed by atoms with E-state index in [4.69, 9.17) is 14.2 Å². The summed E-state index contributed by atoms with van der Waals surface area (Å²) in [5.74, 6) is -0.206. The minimum atomic E-state index is -0.206. The second kappa shape index (κ2) is 10.5. The molecule has 0 fully saturated rings. The van der Waals surface area contributed by atoms with Gasteiger partial charge >= 0.3 is 5.97 Å². The van der Waals surface area contributed by atoms with Gasteiger partial charge in [-0.05, 0) is 12.8 Å². The lowest BCUT2D eigenvalue weighted by Gasteiger charge is -2.04. The topological polar surface area (TPSA) is 44.8 Å². The Morgan fingerprint density at radius 2 is 1.64 bits per heavy atom. The van der Waals surface area contributed by atoms with E-state index in [9.17, 15) is 4.79 Å². The summed E-state index contributed by atoms with van der Waals surface area (Å²) in [6.07, 6.45) is 2.13. The van der Waals surface area contributed by atoms with E-state index in [0.29, 0.717) is 26.2 Å². The zero-order chi connectivity index (χ0) is 10.6. The molecule has 0 spiro atoms. The average molecular weight is 204 g/mol. The Labute approximate surface area is 85.5 Å². The first-order valence-corrected chi connectivity index (χ1v) is 5.12. The molecule has 0 unspecified atom stereocenters. The molecule has 0 aliphatic heterocycles. The quantitative estimate of drug-likeness (QED) is 0.326.